The quantitative estimate of drug-likeness (QED) is 0.168. The van der Waals surface area contributed by atoms with Crippen LogP contribution in [0.3, 0.4) is 0 Å². The molecule has 198 valence electrons. The maximum Gasteiger partial charge on any atom is 0.213 e. The van der Waals surface area contributed by atoms with Gasteiger partial charge in [0.05, 0.1) is 99.1 Å². The van der Waals surface area contributed by atoms with Crippen LogP contribution in [0.25, 0.3) is 0 Å². The Morgan fingerprint density at radius 1 is 0.588 bits per heavy atom. The lowest BCUT2D eigenvalue weighted by molar-refractivity contribution is -0.0227. The van der Waals surface area contributed by atoms with Gasteiger partial charge < -0.3 is 42.6 Å². The molecule has 0 aliphatic carbocycles. The van der Waals surface area contributed by atoms with Crippen LogP contribution < -0.4 is 4.74 Å². The van der Waals surface area contributed by atoms with Crippen molar-refractivity contribution in [3.63, 3.8) is 0 Å². The van der Waals surface area contributed by atoms with Gasteiger partial charge in [0.1, 0.15) is 6.61 Å². The number of rotatable bonds is 25. The van der Waals surface area contributed by atoms with Crippen molar-refractivity contribution < 1.29 is 42.6 Å². The lowest BCUT2D eigenvalue weighted by Crippen LogP contribution is -2.15. The molecule has 0 aromatic carbocycles. The van der Waals surface area contributed by atoms with E-state index in [1.165, 1.54) is 0 Å². The average molecular weight is 554 g/mol. The van der Waals surface area contributed by atoms with Gasteiger partial charge >= 0.3 is 0 Å². The van der Waals surface area contributed by atoms with E-state index in [0.717, 1.165) is 10.0 Å². The molecule has 0 N–H and O–H groups in total. The Bertz CT molecular complexity index is 583. The first-order valence-electron chi connectivity index (χ1n) is 11.5. The van der Waals surface area contributed by atoms with E-state index >= 15 is 0 Å². The van der Waals surface area contributed by atoms with Gasteiger partial charge in [-0.3, -0.25) is 0 Å². The van der Waals surface area contributed by atoms with E-state index < -0.39 is 0 Å². The lowest BCUT2D eigenvalue weighted by Gasteiger charge is -2.09. The van der Waals surface area contributed by atoms with Crippen LogP contribution in [0.4, 0.5) is 0 Å². The topological polar surface area (TPSA) is 96.0 Å². The van der Waals surface area contributed by atoms with Crippen LogP contribution in [0, 0.1) is 6.92 Å². The monoisotopic (exact) mass is 553 g/mol. The Hall–Kier alpha value is -0.890. The van der Waals surface area contributed by atoms with Crippen molar-refractivity contribution in [3.8, 4) is 5.88 Å². The maximum absolute atomic E-state index is 5.54. The number of pyridine rings is 1. The van der Waals surface area contributed by atoms with Crippen LogP contribution in [-0.2, 0) is 37.9 Å². The van der Waals surface area contributed by atoms with Crippen LogP contribution >= 0.6 is 15.9 Å². The number of hydrogen-bond acceptors (Lipinski definition) is 10. The Morgan fingerprint density at radius 3 is 1.29 bits per heavy atom. The average Bonchev–Trinajstić information content (AvgIpc) is 2.84. The number of aryl methyl sites for hydroxylation is 1. The molecule has 0 spiro atoms. The molecule has 0 amide bonds. The van der Waals surface area contributed by atoms with Gasteiger partial charge in [0, 0.05) is 23.8 Å². The summed E-state index contributed by atoms with van der Waals surface area (Å²) in [6.07, 6.45) is 1.73. The Morgan fingerprint density at radius 2 is 0.941 bits per heavy atom. The second-order valence-corrected chi connectivity index (χ2v) is 7.75. The first-order valence-corrected chi connectivity index (χ1v) is 12.3. The van der Waals surface area contributed by atoms with Crippen molar-refractivity contribution >= 4 is 15.9 Å². The smallest absolute Gasteiger partial charge is 0.213 e. The third-order valence-corrected chi connectivity index (χ3v) is 4.99. The molecule has 0 fully saturated rings. The fraction of sp³-hybridized carbons (Fsp3) is 0.783. The fourth-order valence-electron chi connectivity index (χ4n) is 2.36. The number of aromatic nitrogens is 1. The molecule has 0 radical (unpaired) electrons. The molecular weight excluding hydrogens is 514 g/mol. The largest absolute Gasteiger partial charge is 0.475 e. The van der Waals surface area contributed by atoms with Crippen molar-refractivity contribution in [2.45, 2.75) is 6.92 Å². The number of nitrogens with zero attached hydrogens (tertiary/aromatic N) is 1. The first kappa shape index (κ1) is 31.1. The van der Waals surface area contributed by atoms with Crippen LogP contribution in [0.15, 0.2) is 16.7 Å². The highest BCUT2D eigenvalue weighted by Gasteiger charge is 2.00. The van der Waals surface area contributed by atoms with Crippen LogP contribution in [0.5, 0.6) is 5.88 Å². The molecule has 1 rings (SSSR count). The summed E-state index contributed by atoms with van der Waals surface area (Å²) < 4.78 is 49.3. The fourth-order valence-corrected chi connectivity index (χ4v) is 2.58. The van der Waals surface area contributed by atoms with Crippen LogP contribution in [0.2, 0.25) is 0 Å². The molecule has 10 nitrogen and oxygen atoms in total. The predicted octanol–water partition coefficient (Wildman–Crippen LogP) is 2.29. The van der Waals surface area contributed by atoms with Gasteiger partial charge in [-0.15, -0.1) is 0 Å². The van der Waals surface area contributed by atoms with Crippen molar-refractivity contribution in [2.24, 2.45) is 0 Å². The number of halogens is 1. The second kappa shape index (κ2) is 23.8. The molecule has 0 atom stereocenters. The van der Waals surface area contributed by atoms with Crippen molar-refractivity contribution in [1.82, 2.24) is 4.98 Å². The summed E-state index contributed by atoms with van der Waals surface area (Å²) >= 11 is 3.41. The van der Waals surface area contributed by atoms with Crippen molar-refractivity contribution in [1.29, 1.82) is 0 Å². The minimum Gasteiger partial charge on any atom is -0.475 e. The zero-order valence-corrected chi connectivity index (χ0v) is 22.1. The molecule has 34 heavy (non-hydrogen) atoms. The number of hydrogen-bond donors (Lipinski definition) is 0. The zero-order valence-electron chi connectivity index (χ0n) is 20.5. The molecule has 0 saturated heterocycles. The second-order valence-electron chi connectivity index (χ2n) is 6.90. The summed E-state index contributed by atoms with van der Waals surface area (Å²) in [5.74, 6) is 0.593. The lowest BCUT2D eigenvalue weighted by atomic mass is 10.3. The molecule has 0 bridgehead atoms. The Kier molecular flexibility index (Phi) is 21.8. The molecular formula is C23H40BrNO9. The van der Waals surface area contributed by atoms with E-state index in [2.05, 4.69) is 20.9 Å². The normalized spacial score (nSPS) is 11.3. The zero-order chi connectivity index (χ0) is 24.5. The standard InChI is InChI=1S/C23H40BrNO9/c1-21-19-23(25-20-22(21)24)34-18-17-33-16-15-32-14-13-31-12-11-30-10-9-29-8-7-28-6-5-27-4-3-26-2/h19-20H,3-18H2,1-2H3. The van der Waals surface area contributed by atoms with Crippen molar-refractivity contribution in [3.05, 3.63) is 22.3 Å². The molecule has 0 aliphatic heterocycles. The summed E-state index contributed by atoms with van der Waals surface area (Å²) in [6.45, 7) is 10.4. The van der Waals surface area contributed by atoms with Gasteiger partial charge in [-0.05, 0) is 28.4 Å². The first-order chi connectivity index (χ1) is 16.7. The van der Waals surface area contributed by atoms with E-state index in [-0.39, 0.29) is 0 Å². The number of ether oxygens (including phenoxy) is 9. The maximum atomic E-state index is 5.54. The summed E-state index contributed by atoms with van der Waals surface area (Å²) in [6, 6.07) is 1.88. The highest BCUT2D eigenvalue weighted by molar-refractivity contribution is 9.10. The van der Waals surface area contributed by atoms with Gasteiger partial charge in [0.25, 0.3) is 0 Å². The molecule has 0 saturated carbocycles. The highest BCUT2D eigenvalue weighted by Crippen LogP contribution is 2.18. The van der Waals surface area contributed by atoms with E-state index in [0.29, 0.717) is 112 Å². The van der Waals surface area contributed by atoms with Crippen molar-refractivity contribution in [2.75, 3.05) is 113 Å². The van der Waals surface area contributed by atoms with Gasteiger partial charge in [0.2, 0.25) is 5.88 Å². The molecule has 1 aromatic heterocycles. The van der Waals surface area contributed by atoms with E-state index in [1.54, 1.807) is 13.3 Å². The van der Waals surface area contributed by atoms with E-state index in [4.69, 9.17) is 42.6 Å². The van der Waals surface area contributed by atoms with Crippen LogP contribution in [0.1, 0.15) is 5.56 Å². The molecule has 0 aliphatic rings. The molecule has 1 heterocycles. The van der Waals surface area contributed by atoms with Gasteiger partial charge in [0.15, 0.2) is 0 Å². The third kappa shape index (κ3) is 19.4. The molecule has 11 heteroatoms. The molecule has 0 unspecified atom stereocenters. The minimum atomic E-state index is 0.446. The van der Waals surface area contributed by atoms with Crippen LogP contribution in [-0.4, -0.2) is 118 Å². The molecule has 1 aromatic rings. The van der Waals surface area contributed by atoms with Gasteiger partial charge in [-0.25, -0.2) is 4.98 Å². The number of methoxy groups -OCH3 is 1. The Labute approximate surface area is 211 Å². The Balaban J connectivity index is 1.69. The third-order valence-electron chi connectivity index (χ3n) is 4.16. The summed E-state index contributed by atoms with van der Waals surface area (Å²) in [5, 5.41) is 0. The van der Waals surface area contributed by atoms with E-state index in [9.17, 15) is 0 Å². The van der Waals surface area contributed by atoms with E-state index in [1.807, 2.05) is 13.0 Å². The van der Waals surface area contributed by atoms with Gasteiger partial charge in [-0.1, -0.05) is 0 Å². The summed E-state index contributed by atoms with van der Waals surface area (Å²) in [7, 11) is 1.65. The van der Waals surface area contributed by atoms with Gasteiger partial charge in [-0.2, -0.15) is 0 Å². The minimum absolute atomic E-state index is 0.446. The highest BCUT2D eigenvalue weighted by atomic mass is 79.9. The summed E-state index contributed by atoms with van der Waals surface area (Å²) in [5.41, 5.74) is 1.08. The SMILES string of the molecule is COCCOCCOCCOCCOCCOCCOCCOCCOc1cc(C)c(Br)cn1. The predicted molar refractivity (Wildman–Crippen MR) is 130 cm³/mol. The summed E-state index contributed by atoms with van der Waals surface area (Å²) in [4.78, 5) is 4.18.